The van der Waals surface area contributed by atoms with Gasteiger partial charge in [0, 0.05) is 11.6 Å². The van der Waals surface area contributed by atoms with Crippen LogP contribution in [0.5, 0.6) is 0 Å². The van der Waals surface area contributed by atoms with Crippen molar-refractivity contribution in [1.29, 1.82) is 0 Å². The van der Waals surface area contributed by atoms with E-state index in [9.17, 15) is 15.0 Å². The van der Waals surface area contributed by atoms with E-state index in [1.165, 1.54) is 30.9 Å². The SMILES string of the molecule is CC1=C(CC/C(C)=C/CCC2=CC[C@H](C3=CC(=O)O[C@@H]3O)O[C@@H]2O)C(C)(C)CCC1. The summed E-state index contributed by atoms with van der Waals surface area (Å²) in [5, 5.41) is 20.1. The van der Waals surface area contributed by atoms with Crippen LogP contribution in [-0.2, 0) is 14.3 Å². The van der Waals surface area contributed by atoms with E-state index in [0.29, 0.717) is 17.4 Å². The zero-order chi connectivity index (χ0) is 21.9. The van der Waals surface area contributed by atoms with Crippen molar-refractivity contribution in [2.75, 3.05) is 0 Å². The highest BCUT2D eigenvalue weighted by atomic mass is 16.6. The molecule has 0 unspecified atom stereocenters. The molecule has 0 saturated heterocycles. The Kier molecular flexibility index (Phi) is 7.38. The predicted octanol–water partition coefficient (Wildman–Crippen LogP) is 4.86. The van der Waals surface area contributed by atoms with Gasteiger partial charge in [0.05, 0.1) is 6.10 Å². The first kappa shape index (κ1) is 23.0. The number of allylic oxidation sites excluding steroid dienone is 4. The number of ether oxygens (including phenoxy) is 2. The Morgan fingerprint density at radius 2 is 2.03 bits per heavy atom. The van der Waals surface area contributed by atoms with Gasteiger partial charge in [-0.2, -0.15) is 0 Å². The van der Waals surface area contributed by atoms with Crippen LogP contribution < -0.4 is 0 Å². The van der Waals surface area contributed by atoms with Crippen molar-refractivity contribution < 1.29 is 24.5 Å². The minimum atomic E-state index is -1.27. The van der Waals surface area contributed by atoms with Crippen molar-refractivity contribution in [2.45, 2.75) is 97.7 Å². The fourth-order valence-corrected chi connectivity index (χ4v) is 4.91. The van der Waals surface area contributed by atoms with Gasteiger partial charge < -0.3 is 19.7 Å². The molecule has 0 fully saturated rings. The molecule has 2 N–H and O–H groups in total. The summed E-state index contributed by atoms with van der Waals surface area (Å²) in [5.74, 6) is -0.575. The molecule has 3 rings (SSSR count). The van der Waals surface area contributed by atoms with Crippen LogP contribution in [0.4, 0.5) is 0 Å². The second-order valence-corrected chi connectivity index (χ2v) is 9.51. The molecular weight excluding hydrogens is 380 g/mol. The third-order valence-corrected chi connectivity index (χ3v) is 6.75. The molecule has 30 heavy (non-hydrogen) atoms. The lowest BCUT2D eigenvalue weighted by molar-refractivity contribution is -0.155. The number of cyclic esters (lactones) is 1. The molecule has 0 amide bonds. The topological polar surface area (TPSA) is 76.0 Å². The molecule has 0 radical (unpaired) electrons. The van der Waals surface area contributed by atoms with E-state index in [1.807, 2.05) is 6.08 Å². The number of aliphatic hydroxyl groups excluding tert-OH is 2. The first-order chi connectivity index (χ1) is 14.2. The van der Waals surface area contributed by atoms with Crippen LogP contribution in [0.3, 0.4) is 0 Å². The minimum absolute atomic E-state index is 0.325. The van der Waals surface area contributed by atoms with Crippen molar-refractivity contribution in [2.24, 2.45) is 5.41 Å². The number of hydrogen-bond acceptors (Lipinski definition) is 5. The highest BCUT2D eigenvalue weighted by molar-refractivity contribution is 5.85. The van der Waals surface area contributed by atoms with Gasteiger partial charge in [0.15, 0.2) is 6.29 Å². The molecule has 3 atom stereocenters. The smallest absolute Gasteiger partial charge is 0.333 e. The molecule has 5 nitrogen and oxygen atoms in total. The van der Waals surface area contributed by atoms with Crippen LogP contribution in [0.1, 0.15) is 79.1 Å². The maximum atomic E-state index is 11.3. The molecule has 0 aromatic rings. The van der Waals surface area contributed by atoms with E-state index in [0.717, 1.165) is 31.3 Å². The van der Waals surface area contributed by atoms with Crippen molar-refractivity contribution in [3.05, 3.63) is 46.1 Å². The Hall–Kier alpha value is -1.69. The van der Waals surface area contributed by atoms with Gasteiger partial charge in [-0.05, 0) is 76.2 Å². The number of rotatable bonds is 7. The standard InChI is InChI=1S/C25H36O5/c1-16(10-12-20-17(2)8-6-14-25(20,3)4)7-5-9-18-11-13-21(29-23(18)27)19-15-22(26)30-24(19)28/h7,11,15,21,23-24,27-28H,5-6,8-10,12-14H2,1-4H3/b16-7+/t21-,23+,24+/m1/s1. The first-order valence-corrected chi connectivity index (χ1v) is 11.1. The Balaban J connectivity index is 1.49. The molecule has 2 aliphatic heterocycles. The van der Waals surface area contributed by atoms with Crippen LogP contribution in [-0.4, -0.2) is 34.9 Å². The van der Waals surface area contributed by atoms with Gasteiger partial charge in [0.1, 0.15) is 0 Å². The number of aliphatic hydroxyl groups is 2. The van der Waals surface area contributed by atoms with Crippen LogP contribution in [0.25, 0.3) is 0 Å². The highest BCUT2D eigenvalue weighted by Gasteiger charge is 2.34. The van der Waals surface area contributed by atoms with Crippen LogP contribution in [0, 0.1) is 5.41 Å². The maximum absolute atomic E-state index is 11.3. The Morgan fingerprint density at radius 1 is 1.27 bits per heavy atom. The van der Waals surface area contributed by atoms with Crippen molar-refractivity contribution in [3.8, 4) is 0 Å². The number of esters is 1. The summed E-state index contributed by atoms with van der Waals surface area (Å²) < 4.78 is 10.3. The number of carbonyl (C=O) groups excluding carboxylic acids is 1. The Morgan fingerprint density at radius 3 is 2.67 bits per heavy atom. The van der Waals surface area contributed by atoms with Gasteiger partial charge >= 0.3 is 5.97 Å². The monoisotopic (exact) mass is 416 g/mol. The fourth-order valence-electron chi connectivity index (χ4n) is 4.91. The zero-order valence-electron chi connectivity index (χ0n) is 18.7. The summed E-state index contributed by atoms with van der Waals surface area (Å²) in [6.07, 6.45) is 10.8. The third-order valence-electron chi connectivity index (χ3n) is 6.75. The number of carbonyl (C=O) groups is 1. The second kappa shape index (κ2) is 9.63. The van der Waals surface area contributed by atoms with E-state index in [4.69, 9.17) is 9.47 Å². The van der Waals surface area contributed by atoms with E-state index in [1.54, 1.807) is 11.1 Å². The first-order valence-electron chi connectivity index (χ1n) is 11.1. The minimum Gasteiger partial charge on any atom is -0.429 e. The molecule has 0 spiro atoms. The molecule has 166 valence electrons. The molecule has 5 heteroatoms. The number of hydrogen-bond donors (Lipinski definition) is 2. The lowest BCUT2D eigenvalue weighted by Crippen LogP contribution is -2.32. The van der Waals surface area contributed by atoms with Crippen LogP contribution in [0.15, 0.2) is 46.1 Å². The van der Waals surface area contributed by atoms with Crippen molar-refractivity contribution >= 4 is 5.97 Å². The Labute approximate surface area is 180 Å². The van der Waals surface area contributed by atoms with Gasteiger partial charge in [-0.1, -0.05) is 42.7 Å². The average Bonchev–Trinajstić information content (AvgIpc) is 3.00. The summed E-state index contributed by atoms with van der Waals surface area (Å²) in [5.41, 5.74) is 6.15. The third kappa shape index (κ3) is 5.51. The largest absolute Gasteiger partial charge is 0.429 e. The van der Waals surface area contributed by atoms with Gasteiger partial charge in [-0.15, -0.1) is 0 Å². The molecule has 0 bridgehead atoms. The van der Waals surface area contributed by atoms with Gasteiger partial charge in [0.25, 0.3) is 0 Å². The second-order valence-electron chi connectivity index (χ2n) is 9.51. The summed E-state index contributed by atoms with van der Waals surface area (Å²) in [6, 6.07) is 0. The molecule has 0 saturated carbocycles. The van der Waals surface area contributed by atoms with Crippen LogP contribution in [0.2, 0.25) is 0 Å². The fraction of sp³-hybridized carbons (Fsp3) is 0.640. The molecular formula is C25H36O5. The molecule has 0 aromatic carbocycles. The van der Waals surface area contributed by atoms with E-state index < -0.39 is 24.7 Å². The molecule has 2 heterocycles. The summed E-state index contributed by atoms with van der Waals surface area (Å²) >= 11 is 0. The van der Waals surface area contributed by atoms with E-state index in [-0.39, 0.29) is 0 Å². The maximum Gasteiger partial charge on any atom is 0.333 e. The predicted molar refractivity (Wildman–Crippen MR) is 116 cm³/mol. The van der Waals surface area contributed by atoms with Gasteiger partial charge in [0.2, 0.25) is 6.29 Å². The van der Waals surface area contributed by atoms with Crippen molar-refractivity contribution in [3.63, 3.8) is 0 Å². The molecule has 1 aliphatic carbocycles. The average molecular weight is 417 g/mol. The quantitative estimate of drug-likeness (QED) is 0.458. The van der Waals surface area contributed by atoms with Crippen LogP contribution >= 0.6 is 0 Å². The van der Waals surface area contributed by atoms with Crippen molar-refractivity contribution in [1.82, 2.24) is 0 Å². The Bertz CT molecular complexity index is 783. The lowest BCUT2D eigenvalue weighted by Gasteiger charge is -2.35. The molecule has 3 aliphatic rings. The van der Waals surface area contributed by atoms with E-state index in [2.05, 4.69) is 33.8 Å². The normalized spacial score (nSPS) is 29.6. The van der Waals surface area contributed by atoms with Gasteiger partial charge in [-0.3, -0.25) is 0 Å². The summed E-state index contributed by atoms with van der Waals surface area (Å²) in [6.45, 7) is 9.23. The summed E-state index contributed by atoms with van der Waals surface area (Å²) in [4.78, 5) is 11.3. The highest BCUT2D eigenvalue weighted by Crippen LogP contribution is 2.42. The lowest BCUT2D eigenvalue weighted by atomic mass is 9.71. The zero-order valence-corrected chi connectivity index (χ0v) is 18.7. The summed E-state index contributed by atoms with van der Waals surface area (Å²) in [7, 11) is 0. The molecule has 0 aromatic heterocycles. The van der Waals surface area contributed by atoms with Gasteiger partial charge in [-0.25, -0.2) is 4.79 Å². The van der Waals surface area contributed by atoms with E-state index >= 15 is 0 Å².